The number of carbonyl (C=O) groups excluding carboxylic acids is 1. The van der Waals surface area contributed by atoms with Crippen molar-refractivity contribution in [2.75, 3.05) is 14.2 Å². The van der Waals surface area contributed by atoms with Crippen LogP contribution in [0.4, 0.5) is 0 Å². The van der Waals surface area contributed by atoms with Gasteiger partial charge in [-0.3, -0.25) is 0 Å². The predicted molar refractivity (Wildman–Crippen MR) is 85.3 cm³/mol. The van der Waals surface area contributed by atoms with Gasteiger partial charge < -0.3 is 13.9 Å². The van der Waals surface area contributed by atoms with E-state index in [9.17, 15) is 4.79 Å². The lowest BCUT2D eigenvalue weighted by molar-refractivity contribution is 0.0563. The van der Waals surface area contributed by atoms with Gasteiger partial charge in [0.2, 0.25) is 5.76 Å². The van der Waals surface area contributed by atoms with E-state index in [4.69, 9.17) is 32.4 Å². The maximum Gasteiger partial charge on any atom is 0.373 e. The molecule has 0 aliphatic carbocycles. The highest BCUT2D eigenvalue weighted by molar-refractivity contribution is 6.37. The zero-order chi connectivity index (χ0) is 16.4. The van der Waals surface area contributed by atoms with E-state index in [0.29, 0.717) is 28.0 Å². The fourth-order valence-corrected chi connectivity index (χ4v) is 2.81. The summed E-state index contributed by atoms with van der Waals surface area (Å²) in [6.45, 7) is 3.74. The number of rotatable bonds is 4. The zero-order valence-corrected chi connectivity index (χ0v) is 14.3. The minimum Gasteiger partial charge on any atom is -0.495 e. The highest BCUT2D eigenvalue weighted by atomic mass is 35.5. The molecule has 0 aliphatic heterocycles. The summed E-state index contributed by atoms with van der Waals surface area (Å²) in [6, 6.07) is 3.28. The van der Waals surface area contributed by atoms with E-state index < -0.39 is 5.97 Å². The molecular formula is C16H16Cl2O4. The standard InChI is InChI=1S/C16H16Cl2O4/c1-8-11(15(20-3)14(18)9(2)13(8)17)7-10-5-6-12(22-10)16(19)21-4/h5-6H,7H2,1-4H3. The molecule has 0 atom stereocenters. The third kappa shape index (κ3) is 2.94. The molecule has 0 bridgehead atoms. The van der Waals surface area contributed by atoms with Crippen molar-refractivity contribution in [3.63, 3.8) is 0 Å². The Balaban J connectivity index is 2.45. The molecule has 0 saturated heterocycles. The summed E-state index contributed by atoms with van der Waals surface area (Å²) in [5.74, 6) is 0.795. The van der Waals surface area contributed by atoms with Crippen LogP contribution in [0.5, 0.6) is 5.75 Å². The summed E-state index contributed by atoms with van der Waals surface area (Å²) in [5.41, 5.74) is 2.47. The predicted octanol–water partition coefficient (Wildman–Crippen LogP) is 4.59. The Hall–Kier alpha value is -1.65. The van der Waals surface area contributed by atoms with Crippen molar-refractivity contribution >= 4 is 29.2 Å². The van der Waals surface area contributed by atoms with Crippen LogP contribution in [0.15, 0.2) is 16.5 Å². The third-order valence-corrected chi connectivity index (χ3v) is 4.54. The Morgan fingerprint density at radius 2 is 1.82 bits per heavy atom. The first-order valence-corrected chi connectivity index (χ1v) is 7.34. The van der Waals surface area contributed by atoms with Gasteiger partial charge in [0, 0.05) is 17.0 Å². The first kappa shape index (κ1) is 16.7. The lowest BCUT2D eigenvalue weighted by Gasteiger charge is -2.16. The van der Waals surface area contributed by atoms with Gasteiger partial charge in [0.15, 0.2) is 0 Å². The van der Waals surface area contributed by atoms with Crippen molar-refractivity contribution in [1.82, 2.24) is 0 Å². The second-order valence-corrected chi connectivity index (χ2v) is 5.58. The van der Waals surface area contributed by atoms with Crippen LogP contribution in [-0.4, -0.2) is 20.2 Å². The van der Waals surface area contributed by atoms with Gasteiger partial charge in [-0.2, -0.15) is 0 Å². The average molecular weight is 343 g/mol. The van der Waals surface area contributed by atoms with Crippen LogP contribution in [-0.2, 0) is 11.2 Å². The summed E-state index contributed by atoms with van der Waals surface area (Å²) in [4.78, 5) is 11.4. The molecule has 22 heavy (non-hydrogen) atoms. The molecule has 0 N–H and O–H groups in total. The topological polar surface area (TPSA) is 48.7 Å². The lowest BCUT2D eigenvalue weighted by atomic mass is 10.00. The highest BCUT2D eigenvalue weighted by Crippen LogP contribution is 2.40. The summed E-state index contributed by atoms with van der Waals surface area (Å²) in [5, 5.41) is 1.08. The fraction of sp³-hybridized carbons (Fsp3) is 0.312. The zero-order valence-electron chi connectivity index (χ0n) is 12.8. The van der Waals surface area contributed by atoms with Gasteiger partial charge >= 0.3 is 5.97 Å². The Morgan fingerprint density at radius 1 is 1.14 bits per heavy atom. The summed E-state index contributed by atoms with van der Waals surface area (Å²) < 4.78 is 15.5. The number of methoxy groups -OCH3 is 2. The van der Waals surface area contributed by atoms with Crippen molar-refractivity contribution in [2.24, 2.45) is 0 Å². The first-order valence-electron chi connectivity index (χ1n) is 6.58. The van der Waals surface area contributed by atoms with Crippen molar-refractivity contribution in [2.45, 2.75) is 20.3 Å². The van der Waals surface area contributed by atoms with Crippen molar-refractivity contribution in [3.05, 3.63) is 50.4 Å². The summed E-state index contributed by atoms with van der Waals surface area (Å²) in [7, 11) is 2.86. The van der Waals surface area contributed by atoms with Crippen LogP contribution in [0.25, 0.3) is 0 Å². The van der Waals surface area contributed by atoms with Gasteiger partial charge in [-0.25, -0.2) is 4.79 Å². The average Bonchev–Trinajstić information content (AvgIpc) is 2.98. The molecule has 2 rings (SSSR count). The molecule has 0 saturated carbocycles. The number of hydrogen-bond acceptors (Lipinski definition) is 4. The summed E-state index contributed by atoms with van der Waals surface area (Å²) in [6.07, 6.45) is 0.408. The smallest absolute Gasteiger partial charge is 0.373 e. The Kier molecular flexibility index (Phi) is 5.04. The molecule has 6 heteroatoms. The first-order chi connectivity index (χ1) is 10.4. The van der Waals surface area contributed by atoms with Crippen LogP contribution in [0.1, 0.15) is 33.0 Å². The quantitative estimate of drug-likeness (QED) is 0.762. The van der Waals surface area contributed by atoms with Crippen LogP contribution < -0.4 is 4.74 Å². The molecule has 0 radical (unpaired) electrons. The van der Waals surface area contributed by atoms with E-state index in [1.807, 2.05) is 13.8 Å². The molecule has 1 heterocycles. The van der Waals surface area contributed by atoms with Crippen molar-refractivity contribution in [3.8, 4) is 5.75 Å². The van der Waals surface area contributed by atoms with E-state index in [1.165, 1.54) is 7.11 Å². The molecule has 4 nitrogen and oxygen atoms in total. The van der Waals surface area contributed by atoms with Gasteiger partial charge in [0.1, 0.15) is 11.5 Å². The SMILES string of the molecule is COC(=O)c1ccc(Cc2c(C)c(Cl)c(C)c(Cl)c2OC)o1. The largest absolute Gasteiger partial charge is 0.495 e. The van der Waals surface area contributed by atoms with Gasteiger partial charge in [-0.05, 0) is 37.1 Å². The normalized spacial score (nSPS) is 10.6. The minimum absolute atomic E-state index is 0.151. The van der Waals surface area contributed by atoms with Crippen LogP contribution >= 0.6 is 23.2 Å². The van der Waals surface area contributed by atoms with Gasteiger partial charge in [-0.15, -0.1) is 0 Å². The number of hydrogen-bond donors (Lipinski definition) is 0. The molecule has 1 aromatic heterocycles. The number of benzene rings is 1. The lowest BCUT2D eigenvalue weighted by Crippen LogP contribution is -2.01. The number of carbonyl (C=O) groups is 1. The molecular weight excluding hydrogens is 327 g/mol. The third-order valence-electron chi connectivity index (χ3n) is 3.52. The number of ether oxygens (including phenoxy) is 2. The highest BCUT2D eigenvalue weighted by Gasteiger charge is 2.20. The monoisotopic (exact) mass is 342 g/mol. The molecule has 2 aromatic rings. The second-order valence-electron chi connectivity index (χ2n) is 4.82. The Morgan fingerprint density at radius 3 is 2.41 bits per heavy atom. The van der Waals surface area contributed by atoms with E-state index in [2.05, 4.69) is 4.74 Å². The molecule has 0 spiro atoms. The minimum atomic E-state index is -0.519. The van der Waals surface area contributed by atoms with Crippen LogP contribution in [0, 0.1) is 13.8 Å². The van der Waals surface area contributed by atoms with E-state index in [-0.39, 0.29) is 5.76 Å². The molecule has 1 aromatic carbocycles. The molecule has 0 aliphatic rings. The van der Waals surface area contributed by atoms with E-state index in [1.54, 1.807) is 19.2 Å². The number of halogens is 2. The maximum absolute atomic E-state index is 11.4. The Bertz CT molecular complexity index is 719. The van der Waals surface area contributed by atoms with Crippen LogP contribution in [0.3, 0.4) is 0 Å². The van der Waals surface area contributed by atoms with Crippen molar-refractivity contribution < 1.29 is 18.7 Å². The van der Waals surface area contributed by atoms with Crippen molar-refractivity contribution in [1.29, 1.82) is 0 Å². The number of esters is 1. The molecule has 0 amide bonds. The van der Waals surface area contributed by atoms with Gasteiger partial charge in [0.05, 0.1) is 19.2 Å². The van der Waals surface area contributed by atoms with Crippen LogP contribution in [0.2, 0.25) is 10.0 Å². The summed E-state index contributed by atoms with van der Waals surface area (Å²) >= 11 is 12.6. The van der Waals surface area contributed by atoms with Gasteiger partial charge in [0.25, 0.3) is 0 Å². The molecule has 118 valence electrons. The molecule has 0 fully saturated rings. The Labute approximate surface area is 138 Å². The number of furan rings is 1. The van der Waals surface area contributed by atoms with E-state index in [0.717, 1.165) is 16.7 Å². The van der Waals surface area contributed by atoms with E-state index >= 15 is 0 Å². The van der Waals surface area contributed by atoms with Gasteiger partial charge in [-0.1, -0.05) is 23.2 Å². The maximum atomic E-state index is 11.4. The fourth-order valence-electron chi connectivity index (χ4n) is 2.27. The molecule has 0 unspecified atom stereocenters. The second kappa shape index (κ2) is 6.63.